The van der Waals surface area contributed by atoms with E-state index >= 15 is 0 Å². The third-order valence-corrected chi connectivity index (χ3v) is 2.07. The number of hydrogen-bond acceptors (Lipinski definition) is 4. The molecular formula is C9H14F2N4. The second-order valence-electron chi connectivity index (χ2n) is 3.19. The number of nitrogens with one attached hydrogen (secondary N) is 1. The summed E-state index contributed by atoms with van der Waals surface area (Å²) >= 11 is 0. The highest BCUT2D eigenvalue weighted by Crippen LogP contribution is 2.20. The van der Waals surface area contributed by atoms with Crippen LogP contribution in [0.3, 0.4) is 0 Å². The van der Waals surface area contributed by atoms with Crippen LogP contribution >= 0.6 is 0 Å². The van der Waals surface area contributed by atoms with Crippen LogP contribution in [0.5, 0.6) is 0 Å². The van der Waals surface area contributed by atoms with Crippen LogP contribution in [-0.4, -0.2) is 37.0 Å². The van der Waals surface area contributed by atoms with Gasteiger partial charge in [0.2, 0.25) is 0 Å². The van der Waals surface area contributed by atoms with E-state index in [0.717, 1.165) is 5.56 Å². The third kappa shape index (κ3) is 2.74. The molecule has 0 aliphatic carbocycles. The highest BCUT2D eigenvalue weighted by Gasteiger charge is 2.13. The molecule has 0 amide bonds. The number of aromatic nitrogens is 2. The molecule has 6 heteroatoms. The van der Waals surface area contributed by atoms with Gasteiger partial charge in [-0.2, -0.15) is 0 Å². The van der Waals surface area contributed by atoms with Crippen LogP contribution in [-0.2, 0) is 0 Å². The van der Waals surface area contributed by atoms with Gasteiger partial charge in [0.25, 0.3) is 6.43 Å². The fraction of sp³-hybridized carbons (Fsp3) is 0.556. The maximum Gasteiger partial charge on any atom is 0.255 e. The molecule has 1 aromatic heterocycles. The van der Waals surface area contributed by atoms with Gasteiger partial charge in [0, 0.05) is 19.7 Å². The second-order valence-corrected chi connectivity index (χ2v) is 3.19. The van der Waals surface area contributed by atoms with Gasteiger partial charge in [-0.15, -0.1) is 0 Å². The van der Waals surface area contributed by atoms with Crippen LogP contribution in [0.4, 0.5) is 20.4 Å². The van der Waals surface area contributed by atoms with Gasteiger partial charge in [0.1, 0.15) is 18.0 Å². The summed E-state index contributed by atoms with van der Waals surface area (Å²) in [5.74, 6) is 1.18. The van der Waals surface area contributed by atoms with Crippen molar-refractivity contribution >= 4 is 11.6 Å². The lowest BCUT2D eigenvalue weighted by molar-refractivity contribution is 0.156. The lowest BCUT2D eigenvalue weighted by atomic mass is 10.3. The second kappa shape index (κ2) is 4.86. The van der Waals surface area contributed by atoms with Gasteiger partial charge in [-0.1, -0.05) is 0 Å². The predicted octanol–water partition coefficient (Wildman–Crippen LogP) is 1.53. The quantitative estimate of drug-likeness (QED) is 0.828. The van der Waals surface area contributed by atoms with Gasteiger partial charge < -0.3 is 10.2 Å². The highest BCUT2D eigenvalue weighted by molar-refractivity contribution is 5.57. The van der Waals surface area contributed by atoms with Gasteiger partial charge in [-0.05, 0) is 6.92 Å². The minimum atomic E-state index is -2.37. The van der Waals surface area contributed by atoms with Gasteiger partial charge in [-0.3, -0.25) is 0 Å². The molecule has 1 N–H and O–H groups in total. The molecular weight excluding hydrogens is 202 g/mol. The topological polar surface area (TPSA) is 41.1 Å². The summed E-state index contributed by atoms with van der Waals surface area (Å²) in [6.07, 6.45) is -1.02. The Morgan fingerprint density at radius 2 is 2.13 bits per heavy atom. The molecule has 0 saturated heterocycles. The van der Waals surface area contributed by atoms with Crippen molar-refractivity contribution in [2.75, 3.05) is 30.9 Å². The molecule has 1 aromatic rings. The normalized spacial score (nSPS) is 10.5. The molecule has 84 valence electrons. The minimum absolute atomic E-state index is 0.332. The van der Waals surface area contributed by atoms with Gasteiger partial charge in [0.05, 0.1) is 6.54 Å². The monoisotopic (exact) mass is 216 g/mol. The van der Waals surface area contributed by atoms with Gasteiger partial charge >= 0.3 is 0 Å². The Kier molecular flexibility index (Phi) is 3.76. The third-order valence-electron chi connectivity index (χ3n) is 2.07. The molecule has 4 nitrogen and oxygen atoms in total. The van der Waals surface area contributed by atoms with Crippen molar-refractivity contribution in [2.24, 2.45) is 0 Å². The molecule has 0 saturated carbocycles. The SMILES string of the molecule is CNc1ncnc(N(C)CC(F)F)c1C. The summed E-state index contributed by atoms with van der Waals surface area (Å²) in [5, 5.41) is 2.88. The fourth-order valence-corrected chi connectivity index (χ4v) is 1.37. The van der Waals surface area contributed by atoms with E-state index < -0.39 is 6.43 Å². The van der Waals surface area contributed by atoms with Crippen LogP contribution in [0.1, 0.15) is 5.56 Å². The van der Waals surface area contributed by atoms with Crippen molar-refractivity contribution in [3.05, 3.63) is 11.9 Å². The maximum absolute atomic E-state index is 12.2. The average Bonchev–Trinajstić information content (AvgIpc) is 2.17. The Bertz CT molecular complexity index is 330. The number of halogens is 2. The Hall–Kier alpha value is -1.46. The summed E-state index contributed by atoms with van der Waals surface area (Å²) < 4.78 is 24.4. The molecule has 0 fully saturated rings. The largest absolute Gasteiger partial charge is 0.373 e. The Morgan fingerprint density at radius 1 is 1.47 bits per heavy atom. The summed E-state index contributed by atoms with van der Waals surface area (Å²) in [6, 6.07) is 0. The number of anilines is 2. The molecule has 0 spiro atoms. The molecule has 0 aliphatic heterocycles. The lowest BCUT2D eigenvalue weighted by Gasteiger charge is -2.20. The first-order chi connectivity index (χ1) is 7.06. The molecule has 0 radical (unpaired) electrons. The van der Waals surface area contributed by atoms with Crippen LogP contribution < -0.4 is 10.2 Å². The first kappa shape index (κ1) is 11.6. The van der Waals surface area contributed by atoms with Crippen LogP contribution in [0.15, 0.2) is 6.33 Å². The van der Waals surface area contributed by atoms with Crippen molar-refractivity contribution in [2.45, 2.75) is 13.3 Å². The zero-order chi connectivity index (χ0) is 11.4. The van der Waals surface area contributed by atoms with E-state index in [2.05, 4.69) is 15.3 Å². The smallest absolute Gasteiger partial charge is 0.255 e. The van der Waals surface area contributed by atoms with Crippen LogP contribution in [0.25, 0.3) is 0 Å². The van der Waals surface area contributed by atoms with E-state index in [4.69, 9.17) is 0 Å². The molecule has 1 rings (SSSR count). The number of rotatable bonds is 4. The van der Waals surface area contributed by atoms with Crippen LogP contribution in [0, 0.1) is 6.92 Å². The Morgan fingerprint density at radius 3 is 2.67 bits per heavy atom. The van der Waals surface area contributed by atoms with E-state index in [1.54, 1.807) is 21.0 Å². The molecule has 0 aromatic carbocycles. The Labute approximate surface area is 87.3 Å². The number of hydrogen-bond donors (Lipinski definition) is 1. The van der Waals surface area contributed by atoms with Gasteiger partial charge in [-0.25, -0.2) is 18.7 Å². The van der Waals surface area contributed by atoms with Crippen molar-refractivity contribution < 1.29 is 8.78 Å². The Balaban J connectivity index is 2.93. The van der Waals surface area contributed by atoms with Crippen molar-refractivity contribution in [1.29, 1.82) is 0 Å². The zero-order valence-corrected chi connectivity index (χ0v) is 8.96. The lowest BCUT2D eigenvalue weighted by Crippen LogP contribution is -2.26. The van der Waals surface area contributed by atoms with Crippen molar-refractivity contribution in [3.63, 3.8) is 0 Å². The predicted molar refractivity (Wildman–Crippen MR) is 55.6 cm³/mol. The van der Waals surface area contributed by atoms with E-state index in [1.165, 1.54) is 11.2 Å². The van der Waals surface area contributed by atoms with Gasteiger partial charge in [0.15, 0.2) is 0 Å². The molecule has 15 heavy (non-hydrogen) atoms. The molecule has 0 atom stereocenters. The summed E-state index contributed by atoms with van der Waals surface area (Å²) in [6.45, 7) is 1.46. The highest BCUT2D eigenvalue weighted by atomic mass is 19.3. The van der Waals surface area contributed by atoms with Crippen molar-refractivity contribution in [3.8, 4) is 0 Å². The maximum atomic E-state index is 12.2. The first-order valence-electron chi connectivity index (χ1n) is 4.55. The van der Waals surface area contributed by atoms with E-state index in [9.17, 15) is 8.78 Å². The summed E-state index contributed by atoms with van der Waals surface area (Å²) in [7, 11) is 3.31. The summed E-state index contributed by atoms with van der Waals surface area (Å²) in [4.78, 5) is 9.38. The molecule has 0 unspecified atom stereocenters. The average molecular weight is 216 g/mol. The standard InChI is InChI=1S/C9H14F2N4/c1-6-8(12-2)13-5-14-9(6)15(3)4-7(10)11/h5,7H,4H2,1-3H3,(H,12,13,14). The minimum Gasteiger partial charge on any atom is -0.373 e. The molecule has 0 bridgehead atoms. The summed E-state index contributed by atoms with van der Waals surface area (Å²) in [5.41, 5.74) is 0.767. The van der Waals surface area contributed by atoms with E-state index in [0.29, 0.717) is 11.6 Å². The number of nitrogens with zero attached hydrogens (tertiary/aromatic N) is 3. The van der Waals surface area contributed by atoms with E-state index in [1.807, 2.05) is 0 Å². The molecule has 1 heterocycles. The fourth-order valence-electron chi connectivity index (χ4n) is 1.37. The molecule has 0 aliphatic rings. The number of alkyl halides is 2. The van der Waals surface area contributed by atoms with E-state index in [-0.39, 0.29) is 6.54 Å². The first-order valence-corrected chi connectivity index (χ1v) is 4.55. The van der Waals surface area contributed by atoms with Crippen LogP contribution in [0.2, 0.25) is 0 Å². The van der Waals surface area contributed by atoms with Crippen molar-refractivity contribution in [1.82, 2.24) is 9.97 Å². The zero-order valence-electron chi connectivity index (χ0n) is 8.96.